The monoisotopic (exact) mass is 292 g/mol. The van der Waals surface area contributed by atoms with Crippen LogP contribution in [0.25, 0.3) is 0 Å². The Bertz CT molecular complexity index is 389. The molecule has 0 aromatic heterocycles. The molecule has 0 aliphatic carbocycles. The number of sulfonamides is 1. The van der Waals surface area contributed by atoms with Gasteiger partial charge in [0.2, 0.25) is 15.9 Å². The molecule has 8 heteroatoms. The molecule has 1 N–H and O–H groups in total. The molecular weight excluding hydrogens is 268 g/mol. The first-order valence-electron chi connectivity index (χ1n) is 6.38. The van der Waals surface area contributed by atoms with E-state index in [2.05, 4.69) is 5.32 Å². The molecule has 112 valence electrons. The highest BCUT2D eigenvalue weighted by Gasteiger charge is 2.24. The number of carbonyl (C=O) groups is 1. The minimum absolute atomic E-state index is 0.00495. The standard InChI is InChI=1S/C11H24N4O3S/c1-13(2)5-4-12-11(16)10-14-6-8-15(9-7-14)19(3,17)18/h4-10H2,1-3H3,(H,12,16). The predicted molar refractivity (Wildman–Crippen MR) is 74.4 cm³/mol. The average Bonchev–Trinajstić information content (AvgIpc) is 2.27. The lowest BCUT2D eigenvalue weighted by atomic mass is 10.3. The van der Waals surface area contributed by atoms with Gasteiger partial charge in [-0.2, -0.15) is 4.31 Å². The molecule has 1 aliphatic rings. The zero-order valence-electron chi connectivity index (χ0n) is 11.9. The summed E-state index contributed by atoms with van der Waals surface area (Å²) in [4.78, 5) is 15.7. The van der Waals surface area contributed by atoms with Crippen LogP contribution >= 0.6 is 0 Å². The fraction of sp³-hybridized carbons (Fsp3) is 0.909. The summed E-state index contributed by atoms with van der Waals surface area (Å²) in [7, 11) is 0.809. The van der Waals surface area contributed by atoms with Gasteiger partial charge in [-0.05, 0) is 14.1 Å². The minimum Gasteiger partial charge on any atom is -0.354 e. The maximum absolute atomic E-state index is 11.7. The number of carbonyl (C=O) groups excluding carboxylic acids is 1. The van der Waals surface area contributed by atoms with Gasteiger partial charge in [-0.15, -0.1) is 0 Å². The van der Waals surface area contributed by atoms with Gasteiger partial charge in [0.15, 0.2) is 0 Å². The van der Waals surface area contributed by atoms with Gasteiger partial charge in [0.25, 0.3) is 0 Å². The van der Waals surface area contributed by atoms with Gasteiger partial charge in [0, 0.05) is 39.3 Å². The summed E-state index contributed by atoms with van der Waals surface area (Å²) in [5.74, 6) is -0.00495. The first-order valence-corrected chi connectivity index (χ1v) is 8.23. The van der Waals surface area contributed by atoms with Gasteiger partial charge >= 0.3 is 0 Å². The molecule has 1 heterocycles. The molecule has 0 radical (unpaired) electrons. The van der Waals surface area contributed by atoms with Crippen molar-refractivity contribution in [1.29, 1.82) is 0 Å². The van der Waals surface area contributed by atoms with Crippen molar-refractivity contribution in [2.45, 2.75) is 0 Å². The molecule has 0 bridgehead atoms. The SMILES string of the molecule is CN(C)CCNC(=O)CN1CCN(S(C)(=O)=O)CC1. The number of hydrogen-bond acceptors (Lipinski definition) is 5. The average molecular weight is 292 g/mol. The molecule has 0 saturated carbocycles. The molecule has 1 rings (SSSR count). The molecule has 0 unspecified atom stereocenters. The Morgan fingerprint density at radius 3 is 2.26 bits per heavy atom. The molecule has 0 spiro atoms. The number of hydrogen-bond donors (Lipinski definition) is 1. The van der Waals surface area contributed by atoms with Crippen LogP contribution in [0.5, 0.6) is 0 Å². The summed E-state index contributed by atoms with van der Waals surface area (Å²) >= 11 is 0. The molecule has 1 saturated heterocycles. The maximum Gasteiger partial charge on any atom is 0.234 e. The third kappa shape index (κ3) is 6.33. The third-order valence-electron chi connectivity index (χ3n) is 3.05. The smallest absolute Gasteiger partial charge is 0.234 e. The van der Waals surface area contributed by atoms with Crippen LogP contribution in [0.4, 0.5) is 0 Å². The minimum atomic E-state index is -3.10. The number of amides is 1. The molecular formula is C11H24N4O3S. The van der Waals surface area contributed by atoms with Crippen LogP contribution < -0.4 is 5.32 Å². The highest BCUT2D eigenvalue weighted by atomic mass is 32.2. The van der Waals surface area contributed by atoms with Crippen LogP contribution in [0.2, 0.25) is 0 Å². The van der Waals surface area contributed by atoms with Crippen molar-refractivity contribution in [2.75, 3.05) is 66.2 Å². The van der Waals surface area contributed by atoms with Crippen LogP contribution in [0, 0.1) is 0 Å². The highest BCUT2D eigenvalue weighted by molar-refractivity contribution is 7.88. The lowest BCUT2D eigenvalue weighted by Gasteiger charge is -2.32. The van der Waals surface area contributed by atoms with Crippen molar-refractivity contribution in [3.63, 3.8) is 0 Å². The number of nitrogens with one attached hydrogen (secondary N) is 1. The van der Waals surface area contributed by atoms with E-state index in [4.69, 9.17) is 0 Å². The third-order valence-corrected chi connectivity index (χ3v) is 4.35. The Hall–Kier alpha value is -0.700. The number of rotatable bonds is 6. The second-order valence-electron chi connectivity index (χ2n) is 5.09. The van der Waals surface area contributed by atoms with Crippen LogP contribution in [0.3, 0.4) is 0 Å². The summed E-state index contributed by atoms with van der Waals surface area (Å²) in [5.41, 5.74) is 0. The Morgan fingerprint density at radius 2 is 1.79 bits per heavy atom. The van der Waals surface area contributed by atoms with E-state index in [0.29, 0.717) is 39.3 Å². The maximum atomic E-state index is 11.7. The first kappa shape index (κ1) is 16.4. The first-order chi connectivity index (χ1) is 8.79. The van der Waals surface area contributed by atoms with E-state index in [1.807, 2.05) is 23.9 Å². The van der Waals surface area contributed by atoms with Crippen molar-refractivity contribution in [3.05, 3.63) is 0 Å². The quantitative estimate of drug-likeness (QED) is 0.628. The Balaban J connectivity index is 2.24. The van der Waals surface area contributed by atoms with Crippen LogP contribution in [0.15, 0.2) is 0 Å². The summed E-state index contributed by atoms with van der Waals surface area (Å²) in [6.07, 6.45) is 1.22. The highest BCUT2D eigenvalue weighted by Crippen LogP contribution is 2.05. The Morgan fingerprint density at radius 1 is 1.21 bits per heavy atom. The number of nitrogens with zero attached hydrogens (tertiary/aromatic N) is 3. The van der Waals surface area contributed by atoms with E-state index in [0.717, 1.165) is 6.54 Å². The van der Waals surface area contributed by atoms with E-state index in [1.165, 1.54) is 10.6 Å². The van der Waals surface area contributed by atoms with E-state index < -0.39 is 10.0 Å². The lowest BCUT2D eigenvalue weighted by molar-refractivity contribution is -0.122. The molecule has 0 aromatic carbocycles. The second-order valence-corrected chi connectivity index (χ2v) is 7.07. The number of piperazine rings is 1. The van der Waals surface area contributed by atoms with E-state index in [1.54, 1.807) is 0 Å². The molecule has 19 heavy (non-hydrogen) atoms. The Kier molecular flexibility index (Phi) is 6.18. The van der Waals surface area contributed by atoms with Crippen molar-refractivity contribution in [2.24, 2.45) is 0 Å². The van der Waals surface area contributed by atoms with Gasteiger partial charge in [-0.3, -0.25) is 9.69 Å². The van der Waals surface area contributed by atoms with Crippen molar-refractivity contribution in [3.8, 4) is 0 Å². The van der Waals surface area contributed by atoms with Crippen molar-refractivity contribution < 1.29 is 13.2 Å². The molecule has 1 amide bonds. The van der Waals surface area contributed by atoms with Crippen LogP contribution in [-0.4, -0.2) is 94.6 Å². The zero-order chi connectivity index (χ0) is 14.5. The van der Waals surface area contributed by atoms with E-state index >= 15 is 0 Å². The van der Waals surface area contributed by atoms with Gasteiger partial charge in [-0.1, -0.05) is 0 Å². The molecule has 1 aliphatic heterocycles. The van der Waals surface area contributed by atoms with Crippen LogP contribution in [-0.2, 0) is 14.8 Å². The Labute approximate surface area is 115 Å². The van der Waals surface area contributed by atoms with Gasteiger partial charge in [0.05, 0.1) is 12.8 Å². The molecule has 7 nitrogen and oxygen atoms in total. The van der Waals surface area contributed by atoms with Crippen LogP contribution in [0.1, 0.15) is 0 Å². The van der Waals surface area contributed by atoms with E-state index in [9.17, 15) is 13.2 Å². The van der Waals surface area contributed by atoms with Crippen molar-refractivity contribution in [1.82, 2.24) is 19.4 Å². The van der Waals surface area contributed by atoms with Gasteiger partial charge < -0.3 is 10.2 Å². The van der Waals surface area contributed by atoms with Crippen molar-refractivity contribution >= 4 is 15.9 Å². The molecule has 0 atom stereocenters. The summed E-state index contributed by atoms with van der Waals surface area (Å²) in [6, 6.07) is 0. The fourth-order valence-corrected chi connectivity index (χ4v) is 2.72. The van der Waals surface area contributed by atoms with Gasteiger partial charge in [-0.25, -0.2) is 8.42 Å². The normalized spacial score (nSPS) is 18.7. The number of likely N-dealkylation sites (N-methyl/N-ethyl adjacent to an activating group) is 1. The summed E-state index contributed by atoms with van der Waals surface area (Å²) < 4.78 is 24.1. The topological polar surface area (TPSA) is 73.0 Å². The largest absolute Gasteiger partial charge is 0.354 e. The van der Waals surface area contributed by atoms with E-state index in [-0.39, 0.29) is 5.91 Å². The molecule has 1 fully saturated rings. The molecule has 0 aromatic rings. The second kappa shape index (κ2) is 7.18. The lowest BCUT2D eigenvalue weighted by Crippen LogP contribution is -2.51. The summed E-state index contributed by atoms with van der Waals surface area (Å²) in [6.45, 7) is 3.92. The predicted octanol–water partition coefficient (Wildman–Crippen LogP) is -1.76. The fourth-order valence-electron chi connectivity index (χ4n) is 1.90. The zero-order valence-corrected chi connectivity index (χ0v) is 12.7. The summed E-state index contributed by atoms with van der Waals surface area (Å²) in [5, 5.41) is 2.85. The van der Waals surface area contributed by atoms with Gasteiger partial charge in [0.1, 0.15) is 0 Å².